The molecule has 7 nitrogen and oxygen atoms in total. The molecule has 0 aliphatic carbocycles. The summed E-state index contributed by atoms with van der Waals surface area (Å²) in [6.07, 6.45) is 7.87. The molecule has 0 unspecified atom stereocenters. The van der Waals surface area contributed by atoms with Gasteiger partial charge in [-0.1, -0.05) is 35.4 Å². The van der Waals surface area contributed by atoms with E-state index in [1.807, 2.05) is 54.6 Å². The number of ether oxygens (including phenoxy) is 2. The summed E-state index contributed by atoms with van der Waals surface area (Å²) in [6, 6.07) is 15.2. The molecule has 1 aromatic heterocycles. The largest absolute Gasteiger partial charge is 0.493 e. The number of rotatable bonds is 5. The van der Waals surface area contributed by atoms with E-state index in [9.17, 15) is 0 Å². The number of para-hydroxylation sites is 1. The SMILES string of the molecule is C1=Cc2ccccc2ON1.C=CCc1ccc(Oc2ccnnn2)c(OC)c1. The van der Waals surface area contributed by atoms with Gasteiger partial charge in [-0.15, -0.1) is 11.7 Å². The van der Waals surface area contributed by atoms with E-state index in [4.69, 9.17) is 14.3 Å². The maximum Gasteiger partial charge on any atom is 0.242 e. The number of fused-ring (bicyclic) bond motifs is 1. The first-order valence-corrected chi connectivity index (χ1v) is 8.58. The van der Waals surface area contributed by atoms with Crippen molar-refractivity contribution < 1.29 is 14.3 Å². The van der Waals surface area contributed by atoms with Crippen molar-refractivity contribution in [3.8, 4) is 23.1 Å². The van der Waals surface area contributed by atoms with Crippen molar-refractivity contribution in [1.29, 1.82) is 0 Å². The molecule has 2 heterocycles. The first-order valence-electron chi connectivity index (χ1n) is 8.58. The van der Waals surface area contributed by atoms with Gasteiger partial charge in [0, 0.05) is 17.8 Å². The molecule has 0 saturated heterocycles. The first kappa shape index (κ1) is 18.9. The molecule has 1 aliphatic rings. The van der Waals surface area contributed by atoms with E-state index in [1.54, 1.807) is 19.4 Å². The van der Waals surface area contributed by atoms with E-state index in [0.717, 1.165) is 23.3 Å². The summed E-state index contributed by atoms with van der Waals surface area (Å²) in [5.41, 5.74) is 4.88. The maximum atomic E-state index is 5.57. The summed E-state index contributed by atoms with van der Waals surface area (Å²) in [5.74, 6) is 2.49. The number of hydrogen-bond donors (Lipinski definition) is 1. The summed E-state index contributed by atoms with van der Waals surface area (Å²) in [6.45, 7) is 3.70. The second-order valence-corrected chi connectivity index (χ2v) is 5.63. The average molecular weight is 376 g/mol. The number of aromatic nitrogens is 3. The Labute approximate surface area is 163 Å². The van der Waals surface area contributed by atoms with Crippen LogP contribution < -0.4 is 19.8 Å². The van der Waals surface area contributed by atoms with Gasteiger partial charge < -0.3 is 14.3 Å². The predicted octanol–water partition coefficient (Wildman–Crippen LogP) is 3.96. The lowest BCUT2D eigenvalue weighted by molar-refractivity contribution is 0.239. The highest BCUT2D eigenvalue weighted by Gasteiger charge is 2.07. The van der Waals surface area contributed by atoms with Crippen molar-refractivity contribution in [2.75, 3.05) is 7.11 Å². The topological polar surface area (TPSA) is 78.4 Å². The van der Waals surface area contributed by atoms with Crippen molar-refractivity contribution in [3.05, 3.63) is 84.7 Å². The highest BCUT2D eigenvalue weighted by Crippen LogP contribution is 2.31. The van der Waals surface area contributed by atoms with Gasteiger partial charge in [-0.05, 0) is 41.5 Å². The maximum absolute atomic E-state index is 5.57. The lowest BCUT2D eigenvalue weighted by Gasteiger charge is -2.11. The third-order valence-electron chi connectivity index (χ3n) is 3.72. The van der Waals surface area contributed by atoms with Crippen LogP contribution in [0.4, 0.5) is 0 Å². The lowest BCUT2D eigenvalue weighted by atomic mass is 10.1. The second kappa shape index (κ2) is 9.72. The van der Waals surface area contributed by atoms with Gasteiger partial charge >= 0.3 is 0 Å². The Morgan fingerprint density at radius 2 is 2.04 bits per heavy atom. The average Bonchev–Trinajstić information content (AvgIpc) is 2.76. The van der Waals surface area contributed by atoms with Crippen molar-refractivity contribution in [1.82, 2.24) is 20.9 Å². The van der Waals surface area contributed by atoms with Crippen LogP contribution >= 0.6 is 0 Å². The van der Waals surface area contributed by atoms with Crippen molar-refractivity contribution in [3.63, 3.8) is 0 Å². The molecule has 2 aromatic carbocycles. The highest BCUT2D eigenvalue weighted by atomic mass is 16.6. The number of allylic oxidation sites excluding steroid dienone is 1. The van der Waals surface area contributed by atoms with Crippen LogP contribution in [0.2, 0.25) is 0 Å². The van der Waals surface area contributed by atoms with E-state index in [-0.39, 0.29) is 0 Å². The van der Waals surface area contributed by atoms with E-state index in [0.29, 0.717) is 17.4 Å². The summed E-state index contributed by atoms with van der Waals surface area (Å²) in [4.78, 5) is 5.09. The second-order valence-electron chi connectivity index (χ2n) is 5.63. The molecule has 4 rings (SSSR count). The Morgan fingerprint density at radius 1 is 1.14 bits per heavy atom. The Bertz CT molecular complexity index is 945. The third-order valence-corrected chi connectivity index (χ3v) is 3.72. The van der Waals surface area contributed by atoms with Gasteiger partial charge in [0.25, 0.3) is 0 Å². The van der Waals surface area contributed by atoms with Crippen LogP contribution in [0.5, 0.6) is 23.1 Å². The number of methoxy groups -OCH3 is 1. The summed E-state index contributed by atoms with van der Waals surface area (Å²) < 4.78 is 10.9. The molecule has 28 heavy (non-hydrogen) atoms. The standard InChI is InChI=1S/C13H13N3O2.C8H7NO/c1-3-4-10-5-6-11(12(9-10)17-2)18-13-7-8-14-16-15-13;1-2-4-8-7(3-1)5-6-9-10-8/h3,5-9H,1,4H2,2H3;1-6,9H. The van der Waals surface area contributed by atoms with Crippen LogP contribution in [0.15, 0.2) is 73.6 Å². The highest BCUT2D eigenvalue weighted by molar-refractivity contribution is 5.58. The van der Waals surface area contributed by atoms with Crippen LogP contribution in [-0.2, 0) is 6.42 Å². The van der Waals surface area contributed by atoms with Gasteiger partial charge in [0.05, 0.1) is 13.3 Å². The van der Waals surface area contributed by atoms with Gasteiger partial charge in [-0.2, -0.15) is 0 Å². The van der Waals surface area contributed by atoms with Crippen LogP contribution in [-0.4, -0.2) is 22.5 Å². The van der Waals surface area contributed by atoms with Gasteiger partial charge in [-0.3, -0.25) is 0 Å². The molecule has 1 N–H and O–H groups in total. The molecule has 0 saturated carbocycles. The fraction of sp³-hybridized carbons (Fsp3) is 0.0952. The minimum absolute atomic E-state index is 0.375. The fourth-order valence-corrected chi connectivity index (χ4v) is 2.42. The molecular weight excluding hydrogens is 356 g/mol. The Hall–Kier alpha value is -3.87. The van der Waals surface area contributed by atoms with E-state index >= 15 is 0 Å². The molecule has 0 bridgehead atoms. The monoisotopic (exact) mass is 376 g/mol. The molecule has 3 aromatic rings. The van der Waals surface area contributed by atoms with Gasteiger partial charge in [-0.25, -0.2) is 5.48 Å². The zero-order chi connectivity index (χ0) is 19.6. The molecule has 7 heteroatoms. The lowest BCUT2D eigenvalue weighted by Crippen LogP contribution is -2.13. The smallest absolute Gasteiger partial charge is 0.242 e. The van der Waals surface area contributed by atoms with Crippen molar-refractivity contribution in [2.45, 2.75) is 6.42 Å². The Morgan fingerprint density at radius 3 is 2.79 bits per heavy atom. The van der Waals surface area contributed by atoms with Crippen LogP contribution in [0.25, 0.3) is 6.08 Å². The summed E-state index contributed by atoms with van der Waals surface area (Å²) in [5, 5.41) is 10.8. The van der Waals surface area contributed by atoms with Crippen molar-refractivity contribution in [2.24, 2.45) is 0 Å². The fourth-order valence-electron chi connectivity index (χ4n) is 2.42. The quantitative estimate of drug-likeness (QED) is 0.675. The van der Waals surface area contributed by atoms with E-state index < -0.39 is 0 Å². The van der Waals surface area contributed by atoms with Crippen LogP contribution in [0, 0.1) is 0 Å². The Kier molecular flexibility index (Phi) is 6.57. The number of hydroxylamine groups is 1. The summed E-state index contributed by atoms with van der Waals surface area (Å²) in [7, 11) is 1.60. The van der Waals surface area contributed by atoms with E-state index in [2.05, 4.69) is 27.5 Å². The minimum atomic E-state index is 0.375. The predicted molar refractivity (Wildman–Crippen MR) is 106 cm³/mol. The molecular formula is C21H20N4O3. The zero-order valence-corrected chi connectivity index (χ0v) is 15.4. The van der Waals surface area contributed by atoms with Gasteiger partial charge in [0.15, 0.2) is 17.2 Å². The molecule has 0 fully saturated rings. The minimum Gasteiger partial charge on any atom is -0.493 e. The first-order chi connectivity index (χ1) is 13.8. The third kappa shape index (κ3) is 5.07. The van der Waals surface area contributed by atoms with E-state index in [1.165, 1.54) is 6.20 Å². The van der Waals surface area contributed by atoms with Gasteiger partial charge in [0.2, 0.25) is 5.88 Å². The normalized spacial score (nSPS) is 11.0. The molecule has 0 spiro atoms. The number of nitrogens with one attached hydrogen (secondary N) is 1. The summed E-state index contributed by atoms with van der Waals surface area (Å²) >= 11 is 0. The Balaban J connectivity index is 0.000000188. The zero-order valence-electron chi connectivity index (χ0n) is 15.4. The molecule has 0 amide bonds. The van der Waals surface area contributed by atoms with Crippen LogP contribution in [0.1, 0.15) is 11.1 Å². The molecule has 142 valence electrons. The van der Waals surface area contributed by atoms with Gasteiger partial charge in [0.1, 0.15) is 0 Å². The molecule has 1 aliphatic heterocycles. The molecule has 0 atom stereocenters. The number of benzene rings is 2. The van der Waals surface area contributed by atoms with Crippen LogP contribution in [0.3, 0.4) is 0 Å². The molecule has 0 radical (unpaired) electrons. The number of hydrogen-bond acceptors (Lipinski definition) is 7. The van der Waals surface area contributed by atoms with Crippen molar-refractivity contribution >= 4 is 6.08 Å². The number of nitrogens with zero attached hydrogens (tertiary/aromatic N) is 3.